The number of fused-ring (bicyclic) bond motifs is 3. The number of aromatic nitrogens is 2. The fraction of sp³-hybridized carbons (Fsp3) is 0.524. The van der Waals surface area contributed by atoms with Gasteiger partial charge in [0.25, 0.3) is 0 Å². The molecule has 0 spiro atoms. The minimum Gasteiger partial charge on any atom is -0.480 e. The van der Waals surface area contributed by atoms with Crippen LogP contribution in [-0.4, -0.2) is 51.2 Å². The molecule has 162 valence electrons. The molecule has 30 heavy (non-hydrogen) atoms. The molecule has 0 saturated carbocycles. The predicted octanol–water partition coefficient (Wildman–Crippen LogP) is 2.21. The topological polar surface area (TPSA) is 117 Å². The van der Waals surface area contributed by atoms with E-state index in [4.69, 9.17) is 0 Å². The van der Waals surface area contributed by atoms with Crippen LogP contribution in [0.2, 0.25) is 0 Å². The highest BCUT2D eigenvalue weighted by atomic mass is 16.4. The van der Waals surface area contributed by atoms with E-state index in [2.05, 4.69) is 15.6 Å². The van der Waals surface area contributed by atoms with Gasteiger partial charge in [0.2, 0.25) is 11.9 Å². The first-order valence-corrected chi connectivity index (χ1v) is 10.3. The lowest BCUT2D eigenvalue weighted by molar-refractivity contribution is -0.143. The maximum Gasteiger partial charge on any atom is 0.326 e. The Morgan fingerprint density at radius 3 is 2.43 bits per heavy atom. The highest BCUT2D eigenvalue weighted by Gasteiger charge is 2.34. The van der Waals surface area contributed by atoms with Crippen LogP contribution in [0.25, 0.3) is 11.0 Å². The van der Waals surface area contributed by atoms with Crippen molar-refractivity contribution < 1.29 is 19.5 Å². The smallest absolute Gasteiger partial charge is 0.326 e. The quantitative estimate of drug-likeness (QED) is 0.641. The van der Waals surface area contributed by atoms with Gasteiger partial charge in [-0.25, -0.2) is 14.6 Å². The number of imidazole rings is 1. The molecule has 1 aromatic carbocycles. The molecular formula is C21H29N5O4. The van der Waals surface area contributed by atoms with Crippen LogP contribution in [0.4, 0.5) is 10.7 Å². The van der Waals surface area contributed by atoms with Crippen molar-refractivity contribution in [1.29, 1.82) is 0 Å². The van der Waals surface area contributed by atoms with E-state index >= 15 is 0 Å². The van der Waals surface area contributed by atoms with E-state index in [-0.39, 0.29) is 11.8 Å². The lowest BCUT2D eigenvalue weighted by Gasteiger charge is -2.28. The van der Waals surface area contributed by atoms with Gasteiger partial charge in [-0.2, -0.15) is 0 Å². The van der Waals surface area contributed by atoms with Crippen molar-refractivity contribution in [2.75, 3.05) is 11.4 Å². The Bertz CT molecular complexity index is 954. The third-order valence-electron chi connectivity index (χ3n) is 5.67. The second kappa shape index (κ2) is 8.73. The first kappa shape index (κ1) is 21.6. The molecule has 2 heterocycles. The molecular weight excluding hydrogens is 386 g/mol. The van der Waals surface area contributed by atoms with Crippen molar-refractivity contribution in [2.24, 2.45) is 11.8 Å². The minimum absolute atomic E-state index is 0.169. The number of amides is 3. The van der Waals surface area contributed by atoms with Crippen molar-refractivity contribution in [3.05, 3.63) is 24.3 Å². The number of carboxylic acids is 1. The molecule has 3 amide bonds. The highest BCUT2D eigenvalue weighted by molar-refractivity contribution is 5.97. The zero-order valence-electron chi connectivity index (χ0n) is 17.8. The maximum absolute atomic E-state index is 13.0. The van der Waals surface area contributed by atoms with E-state index in [0.29, 0.717) is 25.5 Å². The molecule has 1 aliphatic heterocycles. The second-order valence-corrected chi connectivity index (χ2v) is 8.09. The Labute approximate surface area is 175 Å². The molecule has 0 aliphatic carbocycles. The number of hydrogen-bond acceptors (Lipinski definition) is 4. The number of nitrogens with one attached hydrogen (secondary N) is 2. The number of para-hydroxylation sites is 2. The van der Waals surface area contributed by atoms with Gasteiger partial charge in [0.15, 0.2) is 0 Å². The largest absolute Gasteiger partial charge is 0.480 e. The fourth-order valence-corrected chi connectivity index (χ4v) is 3.65. The molecule has 3 atom stereocenters. The Morgan fingerprint density at radius 1 is 1.10 bits per heavy atom. The van der Waals surface area contributed by atoms with E-state index in [1.54, 1.807) is 13.8 Å². The highest BCUT2D eigenvalue weighted by Crippen LogP contribution is 2.27. The molecule has 3 N–H and O–H groups in total. The molecule has 9 heteroatoms. The predicted molar refractivity (Wildman–Crippen MR) is 113 cm³/mol. The lowest BCUT2D eigenvalue weighted by Crippen LogP contribution is -2.57. The SMILES string of the molecule is CC[C@@H](C)[C@H](NC(=O)N1CCn2c1nc1ccccc12)C(=O)N[C@H](C(=O)O)C(C)C. The molecule has 2 aromatic rings. The average molecular weight is 415 g/mol. The number of rotatable bonds is 7. The Kier molecular flexibility index (Phi) is 6.28. The summed E-state index contributed by atoms with van der Waals surface area (Å²) in [6.45, 7) is 8.31. The van der Waals surface area contributed by atoms with Crippen molar-refractivity contribution in [3.63, 3.8) is 0 Å². The minimum atomic E-state index is -1.10. The molecule has 0 saturated heterocycles. The number of carboxylic acid groups (broad SMARTS) is 1. The molecule has 3 rings (SSSR count). The van der Waals surface area contributed by atoms with Crippen LogP contribution < -0.4 is 15.5 Å². The molecule has 0 bridgehead atoms. The van der Waals surface area contributed by atoms with Crippen molar-refractivity contribution in [3.8, 4) is 0 Å². The molecule has 0 radical (unpaired) electrons. The number of nitrogens with zero attached hydrogens (tertiary/aromatic N) is 3. The molecule has 1 aromatic heterocycles. The zero-order chi connectivity index (χ0) is 22.0. The van der Waals surface area contributed by atoms with Gasteiger partial charge >= 0.3 is 12.0 Å². The third kappa shape index (κ3) is 4.10. The molecule has 9 nitrogen and oxygen atoms in total. The fourth-order valence-electron chi connectivity index (χ4n) is 3.65. The summed E-state index contributed by atoms with van der Waals surface area (Å²) >= 11 is 0. The van der Waals surface area contributed by atoms with Crippen molar-refractivity contribution >= 4 is 34.9 Å². The van der Waals surface area contributed by atoms with Gasteiger partial charge in [0.05, 0.1) is 11.0 Å². The van der Waals surface area contributed by atoms with Crippen LogP contribution in [0.5, 0.6) is 0 Å². The van der Waals surface area contributed by atoms with Crippen LogP contribution in [0.1, 0.15) is 34.1 Å². The first-order chi connectivity index (χ1) is 14.2. The number of urea groups is 1. The lowest BCUT2D eigenvalue weighted by atomic mass is 9.97. The standard InChI is InChI=1S/C21H29N5O4/c1-5-13(4)17(18(27)23-16(12(2)3)19(28)29)24-21(30)26-11-10-25-15-9-7-6-8-14(15)22-20(25)26/h6-9,12-13,16-17H,5,10-11H2,1-4H3,(H,23,27)(H,24,30)(H,28,29)/t13-,16+,17+/m1/s1. The number of carbonyl (C=O) groups excluding carboxylic acids is 2. The Morgan fingerprint density at radius 2 is 1.80 bits per heavy atom. The number of carbonyl (C=O) groups is 3. The van der Waals surface area contributed by atoms with Crippen LogP contribution in [0.15, 0.2) is 24.3 Å². The summed E-state index contributed by atoms with van der Waals surface area (Å²) in [6, 6.07) is 5.40. The van der Waals surface area contributed by atoms with Gasteiger partial charge in [0.1, 0.15) is 12.1 Å². The normalized spacial score (nSPS) is 16.2. The Hall–Kier alpha value is -3.10. The van der Waals surface area contributed by atoms with Crippen LogP contribution >= 0.6 is 0 Å². The van der Waals surface area contributed by atoms with Crippen LogP contribution in [-0.2, 0) is 16.1 Å². The summed E-state index contributed by atoms with van der Waals surface area (Å²) in [5, 5.41) is 14.8. The van der Waals surface area contributed by atoms with Gasteiger partial charge in [-0.15, -0.1) is 0 Å². The molecule has 0 unspecified atom stereocenters. The summed E-state index contributed by atoms with van der Waals surface area (Å²) in [6.07, 6.45) is 0.649. The summed E-state index contributed by atoms with van der Waals surface area (Å²) in [4.78, 5) is 43.5. The van der Waals surface area contributed by atoms with E-state index in [0.717, 1.165) is 11.0 Å². The number of anilines is 1. The zero-order valence-corrected chi connectivity index (χ0v) is 17.8. The molecule has 1 aliphatic rings. The van der Waals surface area contributed by atoms with Gasteiger partial charge < -0.3 is 20.3 Å². The summed E-state index contributed by atoms with van der Waals surface area (Å²) in [5.41, 5.74) is 1.77. The molecule has 0 fully saturated rings. The summed E-state index contributed by atoms with van der Waals surface area (Å²) in [5.74, 6) is -1.50. The van der Waals surface area contributed by atoms with Crippen molar-refractivity contribution in [2.45, 2.75) is 52.7 Å². The summed E-state index contributed by atoms with van der Waals surface area (Å²) in [7, 11) is 0. The second-order valence-electron chi connectivity index (χ2n) is 8.09. The number of aliphatic carboxylic acids is 1. The van der Waals surface area contributed by atoms with Crippen molar-refractivity contribution in [1.82, 2.24) is 20.2 Å². The van der Waals surface area contributed by atoms with Crippen LogP contribution in [0, 0.1) is 11.8 Å². The average Bonchev–Trinajstić information content (AvgIpc) is 3.28. The third-order valence-corrected chi connectivity index (χ3v) is 5.67. The van der Waals surface area contributed by atoms with E-state index in [9.17, 15) is 19.5 Å². The van der Waals surface area contributed by atoms with E-state index < -0.39 is 30.0 Å². The van der Waals surface area contributed by atoms with Gasteiger partial charge in [-0.1, -0.05) is 46.2 Å². The van der Waals surface area contributed by atoms with E-state index in [1.807, 2.05) is 42.7 Å². The van der Waals surface area contributed by atoms with Crippen LogP contribution in [0.3, 0.4) is 0 Å². The van der Waals surface area contributed by atoms with Gasteiger partial charge in [-0.05, 0) is 24.0 Å². The van der Waals surface area contributed by atoms with E-state index in [1.165, 1.54) is 4.90 Å². The first-order valence-electron chi connectivity index (χ1n) is 10.3. The van der Waals surface area contributed by atoms with Gasteiger partial charge in [-0.3, -0.25) is 9.69 Å². The van der Waals surface area contributed by atoms with Gasteiger partial charge in [0, 0.05) is 13.1 Å². The number of benzene rings is 1. The Balaban J connectivity index is 1.78. The monoisotopic (exact) mass is 415 g/mol. The number of hydrogen-bond donors (Lipinski definition) is 3. The maximum atomic E-state index is 13.0. The summed E-state index contributed by atoms with van der Waals surface area (Å²) < 4.78 is 1.98.